The average molecular weight is 204 g/mol. The molecule has 1 rings (SSSR count). The van der Waals surface area contributed by atoms with Crippen molar-refractivity contribution in [3.63, 3.8) is 0 Å². The Morgan fingerprint density at radius 3 is 2.33 bits per heavy atom. The summed E-state index contributed by atoms with van der Waals surface area (Å²) in [5.41, 5.74) is 2.39. The molecule has 0 aliphatic carbocycles. The van der Waals surface area contributed by atoms with Crippen LogP contribution in [0.5, 0.6) is 0 Å². The Labute approximate surface area is 92.5 Å². The molecule has 1 aromatic carbocycles. The summed E-state index contributed by atoms with van der Waals surface area (Å²) in [5.74, 6) is 0.624. The molecular formula is C14H20O. The lowest BCUT2D eigenvalue weighted by Gasteiger charge is -2.11. The molecule has 1 nitrogen and oxygen atoms in total. The molecule has 0 spiro atoms. The molecular weight excluding hydrogens is 184 g/mol. The summed E-state index contributed by atoms with van der Waals surface area (Å²) in [6.07, 6.45) is 2.52. The van der Waals surface area contributed by atoms with Gasteiger partial charge in [0.25, 0.3) is 0 Å². The average Bonchev–Trinajstić information content (AvgIpc) is 2.23. The highest BCUT2D eigenvalue weighted by Gasteiger charge is 2.14. The first-order valence-corrected chi connectivity index (χ1v) is 5.76. The first-order chi connectivity index (χ1) is 7.19. The molecule has 0 bridgehead atoms. The van der Waals surface area contributed by atoms with Crippen molar-refractivity contribution >= 4 is 5.78 Å². The Bertz CT molecular complexity index is 324. The third-order valence-electron chi connectivity index (χ3n) is 3.07. The second-order valence-electron chi connectivity index (χ2n) is 4.08. The van der Waals surface area contributed by atoms with E-state index in [-0.39, 0.29) is 5.92 Å². The highest BCUT2D eigenvalue weighted by atomic mass is 16.1. The summed E-state index contributed by atoms with van der Waals surface area (Å²) >= 11 is 0. The van der Waals surface area contributed by atoms with Gasteiger partial charge in [-0.05, 0) is 30.9 Å². The van der Waals surface area contributed by atoms with Crippen LogP contribution < -0.4 is 0 Å². The maximum atomic E-state index is 11.9. The fourth-order valence-electron chi connectivity index (χ4n) is 1.88. The lowest BCUT2D eigenvalue weighted by molar-refractivity contribution is -0.122. The molecule has 0 atom stereocenters. The van der Waals surface area contributed by atoms with Crippen LogP contribution >= 0.6 is 0 Å². The predicted octanol–water partition coefficient (Wildman–Crippen LogP) is 3.54. The van der Waals surface area contributed by atoms with Crippen LogP contribution in [0.2, 0.25) is 0 Å². The van der Waals surface area contributed by atoms with Crippen LogP contribution in [-0.2, 0) is 11.2 Å². The topological polar surface area (TPSA) is 17.1 Å². The van der Waals surface area contributed by atoms with E-state index in [4.69, 9.17) is 0 Å². The number of ketones is 1. The van der Waals surface area contributed by atoms with Gasteiger partial charge < -0.3 is 0 Å². The van der Waals surface area contributed by atoms with Gasteiger partial charge in [0, 0.05) is 12.3 Å². The van der Waals surface area contributed by atoms with E-state index in [2.05, 4.69) is 32.9 Å². The molecule has 0 unspecified atom stereocenters. The molecule has 0 heterocycles. The molecule has 1 heteroatoms. The van der Waals surface area contributed by atoms with Gasteiger partial charge in [0.1, 0.15) is 5.78 Å². The predicted molar refractivity (Wildman–Crippen MR) is 64.0 cm³/mol. The fourth-order valence-corrected chi connectivity index (χ4v) is 1.88. The second-order valence-corrected chi connectivity index (χ2v) is 4.08. The summed E-state index contributed by atoms with van der Waals surface area (Å²) in [4.78, 5) is 11.9. The zero-order valence-electron chi connectivity index (χ0n) is 9.92. The van der Waals surface area contributed by atoms with Crippen LogP contribution in [0.15, 0.2) is 24.3 Å². The lowest BCUT2D eigenvalue weighted by Crippen LogP contribution is -2.15. The maximum absolute atomic E-state index is 11.9. The summed E-state index contributed by atoms with van der Waals surface area (Å²) in [6, 6.07) is 8.13. The number of carbonyl (C=O) groups excluding carboxylic acids is 1. The van der Waals surface area contributed by atoms with E-state index in [1.165, 1.54) is 11.1 Å². The van der Waals surface area contributed by atoms with Crippen molar-refractivity contribution in [1.29, 1.82) is 0 Å². The molecule has 0 amide bonds. The van der Waals surface area contributed by atoms with Gasteiger partial charge in [-0.3, -0.25) is 4.79 Å². The van der Waals surface area contributed by atoms with Crippen LogP contribution in [0.25, 0.3) is 0 Å². The standard InChI is InChI=1S/C14H20O/c1-4-12(5-2)14(15)10-13-9-7-6-8-11(13)3/h6-9,12H,4-5,10H2,1-3H3. The van der Waals surface area contributed by atoms with Crippen molar-refractivity contribution in [3.8, 4) is 0 Å². The molecule has 0 saturated heterocycles. The Kier molecular flexibility index (Phi) is 4.54. The van der Waals surface area contributed by atoms with Crippen LogP contribution in [0.4, 0.5) is 0 Å². The number of hydrogen-bond acceptors (Lipinski definition) is 1. The quantitative estimate of drug-likeness (QED) is 0.717. The Hall–Kier alpha value is -1.11. The van der Waals surface area contributed by atoms with Crippen LogP contribution in [0.1, 0.15) is 37.8 Å². The van der Waals surface area contributed by atoms with E-state index in [0.717, 1.165) is 12.8 Å². The van der Waals surface area contributed by atoms with Gasteiger partial charge in [-0.1, -0.05) is 38.1 Å². The first-order valence-electron chi connectivity index (χ1n) is 5.76. The zero-order valence-corrected chi connectivity index (χ0v) is 9.92. The van der Waals surface area contributed by atoms with E-state index in [1.54, 1.807) is 0 Å². The molecule has 1 aromatic rings. The molecule has 15 heavy (non-hydrogen) atoms. The van der Waals surface area contributed by atoms with Crippen LogP contribution in [-0.4, -0.2) is 5.78 Å². The molecule has 0 radical (unpaired) electrons. The molecule has 82 valence electrons. The molecule has 0 aliphatic rings. The van der Waals surface area contributed by atoms with Crippen molar-refractivity contribution < 1.29 is 4.79 Å². The van der Waals surface area contributed by atoms with Gasteiger partial charge in [-0.2, -0.15) is 0 Å². The highest BCUT2D eigenvalue weighted by Crippen LogP contribution is 2.15. The minimum absolute atomic E-state index is 0.240. The molecule has 0 saturated carbocycles. The Balaban J connectivity index is 2.70. The normalized spacial score (nSPS) is 10.7. The minimum Gasteiger partial charge on any atom is -0.299 e. The van der Waals surface area contributed by atoms with Gasteiger partial charge in [-0.15, -0.1) is 0 Å². The van der Waals surface area contributed by atoms with Crippen molar-refractivity contribution in [2.45, 2.75) is 40.0 Å². The highest BCUT2D eigenvalue weighted by molar-refractivity contribution is 5.83. The molecule has 0 aromatic heterocycles. The van der Waals surface area contributed by atoms with Crippen molar-refractivity contribution in [2.75, 3.05) is 0 Å². The third-order valence-corrected chi connectivity index (χ3v) is 3.07. The molecule has 0 aliphatic heterocycles. The van der Waals surface area contributed by atoms with Gasteiger partial charge in [0.15, 0.2) is 0 Å². The van der Waals surface area contributed by atoms with Gasteiger partial charge >= 0.3 is 0 Å². The number of aryl methyl sites for hydroxylation is 1. The second kappa shape index (κ2) is 5.69. The Morgan fingerprint density at radius 2 is 1.80 bits per heavy atom. The summed E-state index contributed by atoms with van der Waals surface area (Å²) in [7, 11) is 0. The SMILES string of the molecule is CCC(CC)C(=O)Cc1ccccc1C. The van der Waals surface area contributed by atoms with E-state index < -0.39 is 0 Å². The van der Waals surface area contributed by atoms with Crippen molar-refractivity contribution in [3.05, 3.63) is 35.4 Å². The summed E-state index contributed by atoms with van der Waals surface area (Å²) < 4.78 is 0. The fraction of sp³-hybridized carbons (Fsp3) is 0.500. The number of rotatable bonds is 5. The first kappa shape index (κ1) is 12.0. The third kappa shape index (κ3) is 3.19. The van der Waals surface area contributed by atoms with E-state index in [9.17, 15) is 4.79 Å². The van der Waals surface area contributed by atoms with Gasteiger partial charge in [-0.25, -0.2) is 0 Å². The van der Waals surface area contributed by atoms with Gasteiger partial charge in [0.05, 0.1) is 0 Å². The van der Waals surface area contributed by atoms with Crippen LogP contribution in [0.3, 0.4) is 0 Å². The largest absolute Gasteiger partial charge is 0.299 e. The van der Waals surface area contributed by atoms with Gasteiger partial charge in [0.2, 0.25) is 0 Å². The number of carbonyl (C=O) groups is 1. The van der Waals surface area contributed by atoms with Crippen LogP contribution in [0, 0.1) is 12.8 Å². The minimum atomic E-state index is 0.240. The van der Waals surface area contributed by atoms with E-state index in [1.807, 2.05) is 12.1 Å². The smallest absolute Gasteiger partial charge is 0.140 e. The number of benzene rings is 1. The van der Waals surface area contributed by atoms with E-state index in [0.29, 0.717) is 12.2 Å². The molecule has 0 N–H and O–H groups in total. The maximum Gasteiger partial charge on any atom is 0.140 e. The lowest BCUT2D eigenvalue weighted by atomic mass is 9.92. The van der Waals surface area contributed by atoms with E-state index >= 15 is 0 Å². The zero-order chi connectivity index (χ0) is 11.3. The number of Topliss-reactive ketones (excluding diaryl/α,β-unsaturated/α-hetero) is 1. The monoisotopic (exact) mass is 204 g/mol. The number of hydrogen-bond donors (Lipinski definition) is 0. The summed E-state index contributed by atoms with van der Waals surface area (Å²) in [6.45, 7) is 6.24. The van der Waals surface area contributed by atoms with Crippen molar-refractivity contribution in [2.24, 2.45) is 5.92 Å². The van der Waals surface area contributed by atoms with Crippen molar-refractivity contribution in [1.82, 2.24) is 0 Å². The molecule has 0 fully saturated rings. The Morgan fingerprint density at radius 1 is 1.20 bits per heavy atom. The summed E-state index contributed by atoms with van der Waals surface area (Å²) in [5, 5.41) is 0.